The molecule has 1 spiro atoms. The van der Waals surface area contributed by atoms with Crippen LogP contribution in [0.3, 0.4) is 0 Å². The quantitative estimate of drug-likeness (QED) is 0.684. The number of aryl methyl sites for hydroxylation is 1. The van der Waals surface area contributed by atoms with Gasteiger partial charge in [-0.1, -0.05) is 6.07 Å². The highest BCUT2D eigenvalue weighted by molar-refractivity contribution is 6.02. The van der Waals surface area contributed by atoms with Crippen LogP contribution >= 0.6 is 0 Å². The summed E-state index contributed by atoms with van der Waals surface area (Å²) in [5, 5.41) is 11.7. The van der Waals surface area contributed by atoms with E-state index in [0.29, 0.717) is 11.1 Å². The van der Waals surface area contributed by atoms with Crippen LogP contribution in [-0.2, 0) is 0 Å². The molecular weight excluding hydrogens is 350 g/mol. The number of hydrogen-bond donors (Lipinski definition) is 2. The molecule has 6 heteroatoms. The molecule has 6 nitrogen and oxygen atoms in total. The molecule has 1 aromatic heterocycles. The van der Waals surface area contributed by atoms with Crippen molar-refractivity contribution in [1.82, 2.24) is 15.5 Å². The largest absolute Gasteiger partial charge is 0.497 e. The molecule has 2 saturated heterocycles. The number of fused-ring (bicyclic) bond motifs is 1. The third kappa shape index (κ3) is 2.47. The number of nitrogens with zero attached hydrogens (tertiary/aromatic N) is 3. The molecule has 2 aromatic carbocycles. The van der Waals surface area contributed by atoms with E-state index < -0.39 is 0 Å². The lowest BCUT2D eigenvalue weighted by Gasteiger charge is -2.39. The Labute approximate surface area is 164 Å². The fourth-order valence-corrected chi connectivity index (χ4v) is 4.65. The molecule has 0 amide bonds. The molecule has 3 heterocycles. The van der Waals surface area contributed by atoms with Gasteiger partial charge in [0, 0.05) is 42.7 Å². The molecular formula is C22H23N5O. The van der Waals surface area contributed by atoms with E-state index in [1.54, 1.807) is 7.11 Å². The zero-order valence-corrected chi connectivity index (χ0v) is 16.2. The number of aromatic nitrogens is 2. The Hall–Kier alpha value is -3.04. The second-order valence-corrected chi connectivity index (χ2v) is 8.02. The third-order valence-electron chi connectivity index (χ3n) is 6.29. The van der Waals surface area contributed by atoms with Gasteiger partial charge in [0.1, 0.15) is 5.75 Å². The predicted molar refractivity (Wildman–Crippen MR) is 111 cm³/mol. The number of methoxy groups -OCH3 is 1. The summed E-state index contributed by atoms with van der Waals surface area (Å²) in [5.74, 6) is 0.782. The first-order chi connectivity index (χ1) is 13.6. The topological polar surface area (TPSA) is 57.5 Å². The molecule has 2 aliphatic rings. The Kier molecular flexibility index (Phi) is 3.81. The van der Waals surface area contributed by atoms with Crippen LogP contribution in [0.5, 0.6) is 5.75 Å². The number of ether oxygens (including phenoxy) is 1. The van der Waals surface area contributed by atoms with Crippen molar-refractivity contribution in [3.05, 3.63) is 47.4 Å². The summed E-state index contributed by atoms with van der Waals surface area (Å²) in [6.07, 6.45) is 3.01. The van der Waals surface area contributed by atoms with Crippen LogP contribution in [-0.4, -0.2) is 43.5 Å². The van der Waals surface area contributed by atoms with Crippen molar-refractivity contribution < 1.29 is 4.74 Å². The number of benzene rings is 2. The summed E-state index contributed by atoms with van der Waals surface area (Å²) in [7, 11) is 1.69. The first-order valence-corrected chi connectivity index (χ1v) is 9.62. The summed E-state index contributed by atoms with van der Waals surface area (Å²) >= 11 is 0. The maximum Gasteiger partial charge on any atom is 0.217 e. The molecule has 0 radical (unpaired) electrons. The Morgan fingerprint density at radius 3 is 2.82 bits per heavy atom. The number of hydrogen-bond acceptors (Lipinski definition) is 4. The molecule has 0 saturated carbocycles. The van der Waals surface area contributed by atoms with Crippen molar-refractivity contribution >= 4 is 22.3 Å². The molecule has 3 aromatic rings. The average molecular weight is 373 g/mol. The van der Waals surface area contributed by atoms with E-state index in [0.717, 1.165) is 65.2 Å². The first-order valence-electron chi connectivity index (χ1n) is 9.62. The second kappa shape index (κ2) is 6.25. The van der Waals surface area contributed by atoms with Gasteiger partial charge in [0.15, 0.2) is 0 Å². The van der Waals surface area contributed by atoms with Crippen molar-refractivity contribution in [2.45, 2.75) is 13.3 Å². The summed E-state index contributed by atoms with van der Waals surface area (Å²) in [6, 6.07) is 8.12. The molecule has 142 valence electrons. The Morgan fingerprint density at radius 1 is 1.29 bits per heavy atom. The van der Waals surface area contributed by atoms with Crippen LogP contribution in [0.25, 0.3) is 26.9 Å². The lowest BCUT2D eigenvalue weighted by molar-refractivity contribution is 0.200. The summed E-state index contributed by atoms with van der Waals surface area (Å²) in [4.78, 5) is 6.36. The molecule has 0 aliphatic carbocycles. The number of anilines is 1. The summed E-state index contributed by atoms with van der Waals surface area (Å²) in [5.41, 5.74) is 6.11. The van der Waals surface area contributed by atoms with Gasteiger partial charge in [0.2, 0.25) is 5.69 Å². The smallest absolute Gasteiger partial charge is 0.217 e. The van der Waals surface area contributed by atoms with E-state index in [2.05, 4.69) is 38.2 Å². The van der Waals surface area contributed by atoms with Gasteiger partial charge in [0.05, 0.1) is 25.4 Å². The highest BCUT2D eigenvalue weighted by atomic mass is 16.5. The standard InChI is InChI=1S/C22H23N5O/c1-14-4-5-18-17(10-25-26-18)20(14)16-8-15(28-3)9-19(21(16)23-2)27-7-6-22(13-27)11-24-12-22/h4-5,8-10,24H,6-7,11-13H2,1,3H3,(H,25,26). The molecule has 2 aliphatic heterocycles. The molecule has 0 atom stereocenters. The predicted octanol–water partition coefficient (Wildman–Crippen LogP) is 3.90. The van der Waals surface area contributed by atoms with Gasteiger partial charge in [-0.2, -0.15) is 5.10 Å². The van der Waals surface area contributed by atoms with Gasteiger partial charge in [-0.25, -0.2) is 4.85 Å². The zero-order chi connectivity index (χ0) is 19.3. The highest BCUT2D eigenvalue weighted by Crippen LogP contribution is 2.47. The van der Waals surface area contributed by atoms with Crippen molar-refractivity contribution in [1.29, 1.82) is 0 Å². The normalized spacial score (nSPS) is 17.7. The van der Waals surface area contributed by atoms with Gasteiger partial charge < -0.3 is 15.0 Å². The molecule has 28 heavy (non-hydrogen) atoms. The molecule has 0 bridgehead atoms. The fraction of sp³-hybridized carbons (Fsp3) is 0.364. The zero-order valence-electron chi connectivity index (χ0n) is 16.2. The summed E-state index contributed by atoms with van der Waals surface area (Å²) < 4.78 is 5.64. The Bertz CT molecular complexity index is 1110. The molecule has 0 unspecified atom stereocenters. The highest BCUT2D eigenvalue weighted by Gasteiger charge is 2.43. The molecule has 2 fully saturated rings. The van der Waals surface area contributed by atoms with E-state index in [4.69, 9.17) is 11.3 Å². The fourth-order valence-electron chi connectivity index (χ4n) is 4.65. The van der Waals surface area contributed by atoms with Crippen LogP contribution in [0, 0.1) is 18.9 Å². The van der Waals surface area contributed by atoms with E-state index >= 15 is 0 Å². The van der Waals surface area contributed by atoms with Crippen LogP contribution < -0.4 is 15.0 Å². The van der Waals surface area contributed by atoms with Crippen LogP contribution in [0.4, 0.5) is 11.4 Å². The van der Waals surface area contributed by atoms with Gasteiger partial charge in [-0.15, -0.1) is 0 Å². The van der Waals surface area contributed by atoms with Gasteiger partial charge >= 0.3 is 0 Å². The van der Waals surface area contributed by atoms with Crippen molar-refractivity contribution in [3.8, 4) is 16.9 Å². The third-order valence-corrected chi connectivity index (χ3v) is 6.29. The lowest BCUT2D eigenvalue weighted by Crippen LogP contribution is -2.54. The van der Waals surface area contributed by atoms with Gasteiger partial charge in [0.25, 0.3) is 0 Å². The lowest BCUT2D eigenvalue weighted by atomic mass is 9.81. The van der Waals surface area contributed by atoms with E-state index in [1.165, 1.54) is 6.42 Å². The first kappa shape index (κ1) is 17.1. The van der Waals surface area contributed by atoms with E-state index in [9.17, 15) is 0 Å². The van der Waals surface area contributed by atoms with E-state index in [1.807, 2.05) is 24.4 Å². The van der Waals surface area contributed by atoms with Gasteiger partial charge in [-0.05, 0) is 48.2 Å². The Morgan fingerprint density at radius 2 is 2.14 bits per heavy atom. The molecule has 2 N–H and O–H groups in total. The monoisotopic (exact) mass is 373 g/mol. The minimum absolute atomic E-state index is 0.364. The second-order valence-electron chi connectivity index (χ2n) is 8.02. The SMILES string of the molecule is [C-]#[N+]c1c(-c2c(C)ccc3[nH]ncc23)cc(OC)cc1N1CCC2(CNC2)C1. The summed E-state index contributed by atoms with van der Waals surface area (Å²) in [6.45, 7) is 14.2. The maximum absolute atomic E-state index is 7.99. The number of nitrogens with one attached hydrogen (secondary N) is 2. The van der Waals surface area contributed by atoms with E-state index in [-0.39, 0.29) is 0 Å². The average Bonchev–Trinajstić information content (AvgIpc) is 3.34. The number of rotatable bonds is 3. The van der Waals surface area contributed by atoms with Crippen molar-refractivity contribution in [3.63, 3.8) is 0 Å². The van der Waals surface area contributed by atoms with Crippen LogP contribution in [0.2, 0.25) is 0 Å². The van der Waals surface area contributed by atoms with Crippen LogP contribution in [0.15, 0.2) is 30.5 Å². The minimum Gasteiger partial charge on any atom is -0.497 e. The van der Waals surface area contributed by atoms with Gasteiger partial charge in [-0.3, -0.25) is 5.10 Å². The Balaban J connectivity index is 1.71. The number of H-pyrrole nitrogens is 1. The van der Waals surface area contributed by atoms with Crippen molar-refractivity contribution in [2.75, 3.05) is 38.2 Å². The molecule has 5 rings (SSSR count). The van der Waals surface area contributed by atoms with Crippen LogP contribution in [0.1, 0.15) is 12.0 Å². The van der Waals surface area contributed by atoms with Crippen molar-refractivity contribution in [2.24, 2.45) is 5.41 Å². The minimum atomic E-state index is 0.364. The maximum atomic E-state index is 7.99. The number of aromatic amines is 1.